The van der Waals surface area contributed by atoms with Crippen LogP contribution in [0.2, 0.25) is 0 Å². The minimum absolute atomic E-state index is 0.236. The molecule has 1 aliphatic rings. The average molecular weight is 653 g/mol. The van der Waals surface area contributed by atoms with E-state index in [0.717, 1.165) is 55.7 Å². The van der Waals surface area contributed by atoms with Gasteiger partial charge in [-0.1, -0.05) is 111 Å². The number of benzene rings is 6. The Morgan fingerprint density at radius 3 is 1.92 bits per heavy atom. The second-order valence-corrected chi connectivity index (χ2v) is 13.7. The van der Waals surface area contributed by atoms with Gasteiger partial charge in [0.1, 0.15) is 0 Å². The third kappa shape index (κ3) is 5.28. The number of nitrogens with zero attached hydrogens (tertiary/aromatic N) is 4. The Hall–Kier alpha value is -6.70. The van der Waals surface area contributed by atoms with Gasteiger partial charge in [0.25, 0.3) is 0 Å². The van der Waals surface area contributed by atoms with E-state index in [1.54, 1.807) is 0 Å². The predicted octanol–water partition coefficient (Wildman–Crippen LogP) is 11.5. The van der Waals surface area contributed by atoms with Gasteiger partial charge in [-0.2, -0.15) is 5.26 Å². The van der Waals surface area contributed by atoms with Crippen LogP contribution >= 0.6 is 0 Å². The van der Waals surface area contributed by atoms with E-state index in [1.165, 1.54) is 27.6 Å². The van der Waals surface area contributed by atoms with Gasteiger partial charge in [0.15, 0.2) is 5.82 Å². The highest BCUT2D eigenvalue weighted by Gasteiger charge is 2.37. The van der Waals surface area contributed by atoms with Gasteiger partial charge in [0, 0.05) is 40.1 Å². The lowest BCUT2D eigenvalue weighted by Crippen LogP contribution is -2.15. The van der Waals surface area contributed by atoms with Crippen molar-refractivity contribution in [3.63, 3.8) is 0 Å². The van der Waals surface area contributed by atoms with E-state index in [-0.39, 0.29) is 5.41 Å². The fourth-order valence-electron chi connectivity index (χ4n) is 7.62. The molecule has 8 aromatic rings. The first-order valence-corrected chi connectivity index (χ1v) is 17.1. The highest BCUT2D eigenvalue weighted by molar-refractivity contribution is 5.98. The molecule has 2 aromatic heterocycles. The number of nitriles is 1. The van der Waals surface area contributed by atoms with E-state index in [9.17, 15) is 5.26 Å². The van der Waals surface area contributed by atoms with E-state index < -0.39 is 0 Å². The Morgan fingerprint density at radius 1 is 0.529 bits per heavy atom. The zero-order valence-corrected chi connectivity index (χ0v) is 28.3. The van der Waals surface area contributed by atoms with E-state index in [4.69, 9.17) is 9.97 Å². The van der Waals surface area contributed by atoms with Crippen LogP contribution < -0.4 is 0 Å². The number of rotatable bonds is 5. The van der Waals surface area contributed by atoms with E-state index >= 15 is 0 Å². The Morgan fingerprint density at radius 2 is 1.20 bits per heavy atom. The number of pyridine rings is 1. The summed E-state index contributed by atoms with van der Waals surface area (Å²) in [6, 6.07) is 52.9. The molecule has 0 unspecified atom stereocenters. The van der Waals surface area contributed by atoms with Crippen molar-refractivity contribution in [1.29, 1.82) is 5.26 Å². The third-order valence-corrected chi connectivity index (χ3v) is 10.1. The van der Waals surface area contributed by atoms with Crippen LogP contribution in [0.15, 0.2) is 158 Å². The van der Waals surface area contributed by atoms with E-state index in [0.29, 0.717) is 11.4 Å². The van der Waals surface area contributed by atoms with Gasteiger partial charge in [-0.15, -0.1) is 0 Å². The van der Waals surface area contributed by atoms with Crippen molar-refractivity contribution in [3.8, 4) is 73.4 Å². The third-order valence-electron chi connectivity index (χ3n) is 10.1. The predicted molar refractivity (Wildman–Crippen MR) is 207 cm³/mol. The second-order valence-electron chi connectivity index (χ2n) is 13.7. The maximum Gasteiger partial charge on any atom is 0.160 e. The molecule has 0 N–H and O–H groups in total. The SMILES string of the molecule is CC1(C)c2cc(-c3cc(-c4cccnc4)cc(-c4cc(-c5ccccc5)nc(-c5ccccc5)n4)c3)ccc2-c2ccc3cc(C#N)ccc3c21. The number of aromatic nitrogens is 3. The minimum Gasteiger partial charge on any atom is -0.264 e. The Balaban J connectivity index is 1.22. The summed E-state index contributed by atoms with van der Waals surface area (Å²) in [5, 5.41) is 11.8. The van der Waals surface area contributed by atoms with Crippen molar-refractivity contribution in [2.75, 3.05) is 0 Å². The first-order chi connectivity index (χ1) is 25.0. The molecule has 51 heavy (non-hydrogen) atoms. The quantitative estimate of drug-likeness (QED) is 0.186. The minimum atomic E-state index is -0.236. The topological polar surface area (TPSA) is 62.5 Å². The van der Waals surface area contributed by atoms with Gasteiger partial charge in [0.2, 0.25) is 0 Å². The molecule has 4 heteroatoms. The summed E-state index contributed by atoms with van der Waals surface area (Å²) in [7, 11) is 0. The van der Waals surface area contributed by atoms with Crippen molar-refractivity contribution in [3.05, 3.63) is 175 Å². The summed E-state index contributed by atoms with van der Waals surface area (Å²) in [5.41, 5.74) is 14.6. The van der Waals surface area contributed by atoms with Crippen molar-refractivity contribution in [2.45, 2.75) is 19.3 Å². The molecule has 0 saturated heterocycles. The summed E-state index contributed by atoms with van der Waals surface area (Å²) >= 11 is 0. The molecule has 6 aromatic carbocycles. The van der Waals surface area contributed by atoms with Crippen molar-refractivity contribution in [2.24, 2.45) is 0 Å². The lowest BCUT2D eigenvalue weighted by Gasteiger charge is -2.24. The summed E-state index contributed by atoms with van der Waals surface area (Å²) in [6.07, 6.45) is 3.72. The Kier molecular flexibility index (Phi) is 7.15. The molecule has 0 saturated carbocycles. The molecule has 240 valence electrons. The molecule has 0 radical (unpaired) electrons. The monoisotopic (exact) mass is 652 g/mol. The molecule has 0 fully saturated rings. The number of hydrogen-bond donors (Lipinski definition) is 0. The Bertz CT molecular complexity index is 2600. The fourth-order valence-corrected chi connectivity index (χ4v) is 7.62. The summed E-state index contributed by atoms with van der Waals surface area (Å²) in [5.74, 6) is 0.687. The lowest BCUT2D eigenvalue weighted by molar-refractivity contribution is 0.666. The molecule has 0 aliphatic heterocycles. The van der Waals surface area contributed by atoms with Gasteiger partial charge in [-0.3, -0.25) is 4.98 Å². The van der Waals surface area contributed by atoms with Gasteiger partial charge in [-0.05, 0) is 98.2 Å². The zero-order valence-electron chi connectivity index (χ0n) is 28.3. The second kappa shape index (κ2) is 12.0. The van der Waals surface area contributed by atoms with Crippen LogP contribution in [0.5, 0.6) is 0 Å². The molecular formula is C47H32N4. The van der Waals surface area contributed by atoms with Crippen molar-refractivity contribution >= 4 is 10.8 Å². The number of fused-ring (bicyclic) bond motifs is 5. The van der Waals surface area contributed by atoms with Crippen LogP contribution in [0.4, 0.5) is 0 Å². The molecule has 4 nitrogen and oxygen atoms in total. The van der Waals surface area contributed by atoms with Gasteiger partial charge < -0.3 is 0 Å². The highest BCUT2D eigenvalue weighted by atomic mass is 14.9. The van der Waals surface area contributed by atoms with Crippen molar-refractivity contribution in [1.82, 2.24) is 15.0 Å². The molecule has 0 atom stereocenters. The van der Waals surface area contributed by atoms with Crippen molar-refractivity contribution < 1.29 is 0 Å². The maximum atomic E-state index is 9.53. The van der Waals surface area contributed by atoms with E-state index in [1.807, 2.05) is 67.0 Å². The van der Waals surface area contributed by atoms with E-state index in [2.05, 4.69) is 116 Å². The van der Waals surface area contributed by atoms with Crippen LogP contribution in [0.3, 0.4) is 0 Å². The van der Waals surface area contributed by atoms with Crippen LogP contribution in [-0.2, 0) is 5.41 Å². The standard InChI is InChI=1S/C47H32N4/c1-47(2)42-26-33(16-19-40(42)41-20-17-34-22-30(28-48)15-18-39(34)45(41)47)36-23-37(35-14-9-21-49-29-35)25-38(24-36)44-27-43(31-10-5-3-6-11-31)50-46(51-44)32-12-7-4-8-13-32/h3-27,29H,1-2H3. The summed E-state index contributed by atoms with van der Waals surface area (Å²) in [4.78, 5) is 14.7. The first kappa shape index (κ1) is 30.4. The lowest BCUT2D eigenvalue weighted by atomic mass is 9.79. The average Bonchev–Trinajstić information content (AvgIpc) is 3.43. The van der Waals surface area contributed by atoms with Crippen LogP contribution in [0, 0.1) is 11.3 Å². The zero-order chi connectivity index (χ0) is 34.5. The van der Waals surface area contributed by atoms with Crippen LogP contribution in [0.1, 0.15) is 30.5 Å². The largest absolute Gasteiger partial charge is 0.264 e. The number of hydrogen-bond acceptors (Lipinski definition) is 4. The molecule has 0 amide bonds. The first-order valence-electron chi connectivity index (χ1n) is 17.1. The molecule has 1 aliphatic carbocycles. The van der Waals surface area contributed by atoms with Gasteiger partial charge in [0.05, 0.1) is 23.0 Å². The molecular weight excluding hydrogens is 621 g/mol. The maximum absolute atomic E-state index is 9.53. The van der Waals surface area contributed by atoms with Crippen LogP contribution in [-0.4, -0.2) is 15.0 Å². The fraction of sp³-hybridized carbons (Fsp3) is 0.0638. The summed E-state index contributed by atoms with van der Waals surface area (Å²) < 4.78 is 0. The molecule has 9 rings (SSSR count). The molecule has 2 heterocycles. The van der Waals surface area contributed by atoms with Crippen LogP contribution in [0.25, 0.3) is 78.1 Å². The molecule has 0 bridgehead atoms. The molecule has 0 spiro atoms. The highest BCUT2D eigenvalue weighted by Crippen LogP contribution is 2.52. The van der Waals surface area contributed by atoms with Gasteiger partial charge in [-0.25, -0.2) is 9.97 Å². The smallest absolute Gasteiger partial charge is 0.160 e. The Labute approximate surface area is 297 Å². The van der Waals surface area contributed by atoms with Gasteiger partial charge >= 0.3 is 0 Å². The summed E-state index contributed by atoms with van der Waals surface area (Å²) in [6.45, 7) is 4.63. The normalized spacial score (nSPS) is 12.6.